The maximum atomic E-state index is 12.1. The van der Waals surface area contributed by atoms with Gasteiger partial charge in [0.25, 0.3) is 0 Å². The largest absolute Gasteiger partial charge is 0.493 e. The van der Waals surface area contributed by atoms with Crippen LogP contribution >= 0.6 is 0 Å². The molecule has 1 aromatic rings. The van der Waals surface area contributed by atoms with E-state index in [-0.39, 0.29) is 24.8 Å². The van der Waals surface area contributed by atoms with Gasteiger partial charge in [-0.25, -0.2) is 0 Å². The number of ether oxygens (including phenoxy) is 1. The van der Waals surface area contributed by atoms with Crippen molar-refractivity contribution < 1.29 is 19.4 Å². The van der Waals surface area contributed by atoms with Crippen LogP contribution in [0, 0.1) is 6.92 Å². The number of hydrogen-bond acceptors (Lipinski definition) is 3. The Kier molecular flexibility index (Phi) is 6.72. The lowest BCUT2D eigenvalue weighted by molar-refractivity contribution is -0.140. The molecule has 0 aliphatic rings. The summed E-state index contributed by atoms with van der Waals surface area (Å²) in [5, 5.41) is 8.80. The van der Waals surface area contributed by atoms with Crippen molar-refractivity contribution in [2.24, 2.45) is 0 Å². The van der Waals surface area contributed by atoms with Crippen molar-refractivity contribution in [3.8, 4) is 5.75 Å². The van der Waals surface area contributed by atoms with Crippen LogP contribution in [-0.4, -0.2) is 41.1 Å². The number of benzene rings is 1. The minimum atomic E-state index is -0.898. The van der Waals surface area contributed by atoms with Gasteiger partial charge in [0.15, 0.2) is 0 Å². The second-order valence-corrected chi connectivity index (χ2v) is 4.99. The van der Waals surface area contributed by atoms with E-state index in [2.05, 4.69) is 0 Å². The molecule has 1 amide bonds. The Hall–Kier alpha value is -2.04. The lowest BCUT2D eigenvalue weighted by Gasteiger charge is -2.27. The molecule has 0 heterocycles. The number of hydrogen-bond donors (Lipinski definition) is 1. The molecule has 1 atom stereocenters. The van der Waals surface area contributed by atoms with Gasteiger partial charge in [0.05, 0.1) is 19.4 Å². The maximum Gasteiger partial charge on any atom is 0.305 e. The Morgan fingerprint density at radius 1 is 1.33 bits per heavy atom. The summed E-state index contributed by atoms with van der Waals surface area (Å²) in [7, 11) is 0. The Labute approximate surface area is 125 Å². The van der Waals surface area contributed by atoms with Crippen LogP contribution in [0.4, 0.5) is 0 Å². The van der Waals surface area contributed by atoms with Crippen LogP contribution in [0.25, 0.3) is 0 Å². The zero-order chi connectivity index (χ0) is 15.8. The molecule has 0 aliphatic heterocycles. The van der Waals surface area contributed by atoms with Crippen molar-refractivity contribution in [2.45, 2.75) is 39.7 Å². The van der Waals surface area contributed by atoms with Crippen LogP contribution < -0.4 is 4.74 Å². The first-order valence-corrected chi connectivity index (χ1v) is 7.15. The lowest BCUT2D eigenvalue weighted by atomic mass is 10.2. The predicted octanol–water partition coefficient (Wildman–Crippen LogP) is 2.48. The van der Waals surface area contributed by atoms with Crippen molar-refractivity contribution in [1.82, 2.24) is 4.90 Å². The van der Waals surface area contributed by atoms with E-state index in [0.29, 0.717) is 13.2 Å². The molecule has 0 aliphatic carbocycles. The van der Waals surface area contributed by atoms with Crippen molar-refractivity contribution in [3.05, 3.63) is 29.8 Å². The van der Waals surface area contributed by atoms with E-state index in [1.165, 1.54) is 0 Å². The second kappa shape index (κ2) is 8.29. The third kappa shape index (κ3) is 5.45. The summed E-state index contributed by atoms with van der Waals surface area (Å²) >= 11 is 0. The first-order chi connectivity index (χ1) is 9.95. The van der Waals surface area contributed by atoms with Crippen LogP contribution in [0.5, 0.6) is 5.75 Å². The standard InChI is InChI=1S/C16H23NO4/c1-4-17(13(3)11-16(19)20)15(18)9-10-21-14-8-6-5-7-12(14)2/h5-8,13H,4,9-11H2,1-3H3,(H,19,20). The Bertz CT molecular complexity index is 487. The molecule has 0 fully saturated rings. The number of carbonyl (C=O) groups is 2. The highest BCUT2D eigenvalue weighted by molar-refractivity contribution is 5.77. The van der Waals surface area contributed by atoms with E-state index in [0.717, 1.165) is 11.3 Å². The molecule has 21 heavy (non-hydrogen) atoms. The molecule has 5 nitrogen and oxygen atoms in total. The topological polar surface area (TPSA) is 66.8 Å². The van der Waals surface area contributed by atoms with Crippen LogP contribution in [-0.2, 0) is 9.59 Å². The normalized spacial score (nSPS) is 11.8. The molecule has 1 N–H and O–H groups in total. The highest BCUT2D eigenvalue weighted by Gasteiger charge is 2.20. The lowest BCUT2D eigenvalue weighted by Crippen LogP contribution is -2.40. The van der Waals surface area contributed by atoms with Crippen molar-refractivity contribution in [3.63, 3.8) is 0 Å². The molecule has 0 spiro atoms. The monoisotopic (exact) mass is 293 g/mol. The first kappa shape index (κ1) is 17.0. The molecule has 0 saturated heterocycles. The number of carboxylic acids is 1. The number of amides is 1. The molecule has 0 aromatic heterocycles. The van der Waals surface area contributed by atoms with Gasteiger partial charge in [-0.3, -0.25) is 9.59 Å². The molecule has 0 radical (unpaired) electrons. The van der Waals surface area contributed by atoms with E-state index in [1.54, 1.807) is 11.8 Å². The minimum absolute atomic E-state index is 0.0434. The van der Waals surface area contributed by atoms with Gasteiger partial charge in [-0.2, -0.15) is 0 Å². The zero-order valence-corrected chi connectivity index (χ0v) is 12.8. The van der Waals surface area contributed by atoms with E-state index in [1.807, 2.05) is 38.1 Å². The SMILES string of the molecule is CCN(C(=O)CCOc1ccccc1C)C(C)CC(=O)O. The molecule has 1 aromatic carbocycles. The summed E-state index contributed by atoms with van der Waals surface area (Å²) in [6.45, 7) is 6.33. The number of nitrogens with zero attached hydrogens (tertiary/aromatic N) is 1. The fraction of sp³-hybridized carbons (Fsp3) is 0.500. The summed E-state index contributed by atoms with van der Waals surface area (Å²) in [6.07, 6.45) is 0.199. The third-order valence-electron chi connectivity index (χ3n) is 3.33. The highest BCUT2D eigenvalue weighted by atomic mass is 16.5. The highest BCUT2D eigenvalue weighted by Crippen LogP contribution is 2.16. The van der Waals surface area contributed by atoms with Gasteiger partial charge in [0.2, 0.25) is 5.91 Å². The summed E-state index contributed by atoms with van der Waals surface area (Å²) < 4.78 is 5.60. The predicted molar refractivity (Wildman–Crippen MR) is 80.4 cm³/mol. The fourth-order valence-electron chi connectivity index (χ4n) is 2.21. The average molecular weight is 293 g/mol. The molecule has 1 rings (SSSR count). The number of aliphatic carboxylic acids is 1. The van der Waals surface area contributed by atoms with E-state index in [4.69, 9.17) is 9.84 Å². The van der Waals surface area contributed by atoms with Crippen molar-refractivity contribution >= 4 is 11.9 Å². The Morgan fingerprint density at radius 3 is 2.57 bits per heavy atom. The van der Waals surface area contributed by atoms with Crippen LogP contribution in [0.1, 0.15) is 32.3 Å². The van der Waals surface area contributed by atoms with Crippen LogP contribution in [0.2, 0.25) is 0 Å². The maximum absolute atomic E-state index is 12.1. The van der Waals surface area contributed by atoms with E-state index >= 15 is 0 Å². The molecule has 0 bridgehead atoms. The van der Waals surface area contributed by atoms with Crippen molar-refractivity contribution in [2.75, 3.05) is 13.2 Å². The van der Waals surface area contributed by atoms with Gasteiger partial charge >= 0.3 is 5.97 Å². The molecule has 116 valence electrons. The Morgan fingerprint density at radius 2 is 2.00 bits per heavy atom. The van der Waals surface area contributed by atoms with Gasteiger partial charge in [0.1, 0.15) is 5.75 Å². The quantitative estimate of drug-likeness (QED) is 0.799. The number of rotatable bonds is 8. The summed E-state index contributed by atoms with van der Waals surface area (Å²) in [5.41, 5.74) is 1.02. The fourth-order valence-corrected chi connectivity index (χ4v) is 2.21. The van der Waals surface area contributed by atoms with Gasteiger partial charge in [-0.15, -0.1) is 0 Å². The third-order valence-corrected chi connectivity index (χ3v) is 3.33. The number of carbonyl (C=O) groups excluding carboxylic acids is 1. The first-order valence-electron chi connectivity index (χ1n) is 7.15. The second-order valence-electron chi connectivity index (χ2n) is 4.99. The smallest absolute Gasteiger partial charge is 0.305 e. The van der Waals surface area contributed by atoms with Gasteiger partial charge in [0, 0.05) is 12.6 Å². The number of aryl methyl sites for hydroxylation is 1. The van der Waals surface area contributed by atoms with E-state index in [9.17, 15) is 9.59 Å². The summed E-state index contributed by atoms with van der Waals surface area (Å²) in [6, 6.07) is 7.32. The van der Waals surface area contributed by atoms with Crippen LogP contribution in [0.15, 0.2) is 24.3 Å². The number of para-hydroxylation sites is 1. The molecule has 1 unspecified atom stereocenters. The van der Waals surface area contributed by atoms with Crippen LogP contribution in [0.3, 0.4) is 0 Å². The summed E-state index contributed by atoms with van der Waals surface area (Å²) in [4.78, 5) is 24.4. The molecule has 5 heteroatoms. The average Bonchev–Trinajstić information content (AvgIpc) is 2.41. The minimum Gasteiger partial charge on any atom is -0.493 e. The Balaban J connectivity index is 2.48. The molecule has 0 saturated carbocycles. The molecular weight excluding hydrogens is 270 g/mol. The van der Waals surface area contributed by atoms with E-state index < -0.39 is 5.97 Å². The zero-order valence-electron chi connectivity index (χ0n) is 12.8. The van der Waals surface area contributed by atoms with Gasteiger partial charge in [-0.05, 0) is 32.4 Å². The van der Waals surface area contributed by atoms with Crippen molar-refractivity contribution in [1.29, 1.82) is 0 Å². The van der Waals surface area contributed by atoms with Gasteiger partial charge < -0.3 is 14.7 Å². The summed E-state index contributed by atoms with van der Waals surface area (Å²) in [5.74, 6) is -0.211. The van der Waals surface area contributed by atoms with Gasteiger partial charge in [-0.1, -0.05) is 18.2 Å². The molecular formula is C16H23NO4. The number of carboxylic acid groups (broad SMARTS) is 1.